The molecule has 1 aliphatic heterocycles. The van der Waals surface area contributed by atoms with Gasteiger partial charge in [-0.2, -0.15) is 0 Å². The summed E-state index contributed by atoms with van der Waals surface area (Å²) in [6, 6.07) is 18.1. The number of ketones is 1. The fourth-order valence-electron chi connectivity index (χ4n) is 4.97. The van der Waals surface area contributed by atoms with Gasteiger partial charge in [-0.15, -0.1) is 0 Å². The highest BCUT2D eigenvalue weighted by Crippen LogP contribution is 2.36. The Hall–Kier alpha value is -3.08. The minimum absolute atomic E-state index is 0.0175. The zero-order valence-corrected chi connectivity index (χ0v) is 19.2. The van der Waals surface area contributed by atoms with Crippen LogP contribution >= 0.6 is 0 Å². The number of carbonyl (C=O) groups excluding carboxylic acids is 2. The average Bonchev–Trinajstić information content (AvgIpc) is 3.16. The van der Waals surface area contributed by atoms with Crippen molar-refractivity contribution in [2.24, 2.45) is 17.8 Å². The molecule has 5 nitrogen and oxygen atoms in total. The maximum atomic E-state index is 13.2. The quantitative estimate of drug-likeness (QED) is 0.507. The van der Waals surface area contributed by atoms with Crippen molar-refractivity contribution in [2.45, 2.75) is 52.1 Å². The Bertz CT molecular complexity index is 993. The van der Waals surface area contributed by atoms with Crippen molar-refractivity contribution in [1.82, 2.24) is 0 Å². The Kier molecular flexibility index (Phi) is 7.48. The predicted octanol–water partition coefficient (Wildman–Crippen LogP) is 5.58. The number of aliphatic hydroxyl groups excluding tert-OH is 1. The number of carbonyl (C=O) groups is 2. The molecule has 3 unspecified atom stereocenters. The van der Waals surface area contributed by atoms with Crippen LogP contribution in [0.15, 0.2) is 65.9 Å². The molecule has 0 amide bonds. The second-order valence-electron chi connectivity index (χ2n) is 9.36. The van der Waals surface area contributed by atoms with Gasteiger partial charge in [0.25, 0.3) is 0 Å². The highest BCUT2D eigenvalue weighted by atomic mass is 16.5. The molecule has 0 aromatic heterocycles. The molecule has 0 saturated heterocycles. The van der Waals surface area contributed by atoms with Crippen LogP contribution in [0.5, 0.6) is 5.75 Å². The zero-order chi connectivity index (χ0) is 23.2. The molecule has 2 aliphatic rings. The summed E-state index contributed by atoms with van der Waals surface area (Å²) in [6.45, 7) is 2.52. The third-order valence-corrected chi connectivity index (χ3v) is 6.81. The van der Waals surface area contributed by atoms with Gasteiger partial charge in [0.15, 0.2) is 0 Å². The molecule has 2 aromatic rings. The monoisotopic (exact) mass is 448 g/mol. The average molecular weight is 449 g/mol. The fourth-order valence-corrected chi connectivity index (χ4v) is 4.97. The molecule has 1 aliphatic carbocycles. The van der Waals surface area contributed by atoms with Gasteiger partial charge in [-0.1, -0.05) is 62.2 Å². The summed E-state index contributed by atoms with van der Waals surface area (Å²) in [5, 5.41) is 9.89. The number of Topliss-reactive ketones (excluding diaryl/α,β-unsaturated/α-hetero) is 1. The number of aliphatic hydroxyl groups is 1. The Labute approximate surface area is 195 Å². The molecule has 4 rings (SSSR count). The minimum atomic E-state index is -0.412. The number of esters is 1. The Morgan fingerprint density at radius 1 is 1.09 bits per heavy atom. The summed E-state index contributed by atoms with van der Waals surface area (Å²) < 4.78 is 10.8. The number of ether oxygens (including phenoxy) is 2. The first kappa shape index (κ1) is 23.1. The van der Waals surface area contributed by atoms with Crippen molar-refractivity contribution in [1.29, 1.82) is 0 Å². The normalized spacial score (nSPS) is 21.5. The van der Waals surface area contributed by atoms with Gasteiger partial charge in [0.05, 0.1) is 5.57 Å². The third kappa shape index (κ3) is 6.04. The summed E-state index contributed by atoms with van der Waals surface area (Å²) >= 11 is 0. The van der Waals surface area contributed by atoms with E-state index in [1.807, 2.05) is 61.5 Å². The van der Waals surface area contributed by atoms with Crippen molar-refractivity contribution in [3.8, 4) is 5.75 Å². The van der Waals surface area contributed by atoms with Gasteiger partial charge >= 0.3 is 5.97 Å². The molecule has 174 valence electrons. The van der Waals surface area contributed by atoms with E-state index in [-0.39, 0.29) is 30.1 Å². The summed E-state index contributed by atoms with van der Waals surface area (Å²) in [6.07, 6.45) is 4.85. The molecule has 1 heterocycles. The molecule has 1 saturated carbocycles. The van der Waals surface area contributed by atoms with Gasteiger partial charge in [-0.3, -0.25) is 4.79 Å². The van der Waals surface area contributed by atoms with Crippen LogP contribution in [0.3, 0.4) is 0 Å². The van der Waals surface area contributed by atoms with Crippen LogP contribution in [-0.2, 0) is 27.4 Å². The highest BCUT2D eigenvalue weighted by molar-refractivity contribution is 5.91. The Morgan fingerprint density at radius 3 is 2.55 bits per heavy atom. The zero-order valence-electron chi connectivity index (χ0n) is 19.2. The molecular weight excluding hydrogens is 416 g/mol. The van der Waals surface area contributed by atoms with E-state index in [9.17, 15) is 14.7 Å². The Morgan fingerprint density at radius 2 is 1.85 bits per heavy atom. The number of benzene rings is 2. The summed E-state index contributed by atoms with van der Waals surface area (Å²) in [5.41, 5.74) is 2.65. The molecule has 2 aromatic carbocycles. The lowest BCUT2D eigenvalue weighted by Crippen LogP contribution is -2.28. The molecule has 5 heteroatoms. The first-order valence-corrected chi connectivity index (χ1v) is 11.9. The van der Waals surface area contributed by atoms with E-state index in [2.05, 4.69) is 0 Å². The van der Waals surface area contributed by atoms with Crippen LogP contribution in [0.25, 0.3) is 0 Å². The maximum absolute atomic E-state index is 13.2. The molecule has 33 heavy (non-hydrogen) atoms. The van der Waals surface area contributed by atoms with E-state index < -0.39 is 5.97 Å². The van der Waals surface area contributed by atoms with Crippen LogP contribution in [0.2, 0.25) is 0 Å². The summed E-state index contributed by atoms with van der Waals surface area (Å²) in [7, 11) is 0. The molecule has 3 atom stereocenters. The van der Waals surface area contributed by atoms with E-state index in [0.29, 0.717) is 30.8 Å². The smallest absolute Gasteiger partial charge is 0.338 e. The van der Waals surface area contributed by atoms with E-state index >= 15 is 0 Å². The van der Waals surface area contributed by atoms with Gasteiger partial charge < -0.3 is 14.6 Å². The van der Waals surface area contributed by atoms with Gasteiger partial charge in [0.2, 0.25) is 0 Å². The van der Waals surface area contributed by atoms with Crippen molar-refractivity contribution in [3.05, 3.63) is 77.1 Å². The first-order valence-electron chi connectivity index (χ1n) is 11.9. The second-order valence-corrected chi connectivity index (χ2v) is 9.36. The lowest BCUT2D eigenvalue weighted by Gasteiger charge is -2.30. The molecule has 1 N–H and O–H groups in total. The van der Waals surface area contributed by atoms with Gasteiger partial charge in [-0.05, 0) is 54.9 Å². The maximum Gasteiger partial charge on any atom is 0.338 e. The predicted molar refractivity (Wildman–Crippen MR) is 126 cm³/mol. The number of hydrogen-bond donors (Lipinski definition) is 1. The standard InChI is InChI=1S/C28H32O5/c1-19(14-20-10-12-24(13-11-20)32-17-21-6-3-2-4-7-21)27(30)23-9-5-8-22(15-23)16-25-26(29)18-33-28(25)31/h2-4,6-7,10-13,19,22-23,29H,5,8-9,14-18H2,1H3. The molecule has 0 spiro atoms. The molecule has 1 fully saturated rings. The molecule has 0 bridgehead atoms. The molecular formula is C28H32O5. The van der Waals surface area contributed by atoms with Crippen molar-refractivity contribution in [3.63, 3.8) is 0 Å². The van der Waals surface area contributed by atoms with Crippen molar-refractivity contribution >= 4 is 11.8 Å². The molecule has 0 radical (unpaired) electrons. The van der Waals surface area contributed by atoms with Gasteiger partial charge in [-0.25, -0.2) is 4.79 Å². The second kappa shape index (κ2) is 10.7. The highest BCUT2D eigenvalue weighted by Gasteiger charge is 2.33. The third-order valence-electron chi connectivity index (χ3n) is 6.81. The van der Waals surface area contributed by atoms with Crippen LogP contribution in [-0.4, -0.2) is 23.5 Å². The largest absolute Gasteiger partial charge is 0.508 e. The van der Waals surface area contributed by atoms with E-state index in [1.165, 1.54) is 0 Å². The number of rotatable bonds is 9. The van der Waals surface area contributed by atoms with Crippen LogP contribution in [0.4, 0.5) is 0 Å². The van der Waals surface area contributed by atoms with Gasteiger partial charge in [0.1, 0.15) is 30.5 Å². The first-order chi connectivity index (χ1) is 16.0. The minimum Gasteiger partial charge on any atom is -0.508 e. The Balaban J connectivity index is 1.28. The lowest BCUT2D eigenvalue weighted by molar-refractivity contribution is -0.136. The van der Waals surface area contributed by atoms with Gasteiger partial charge in [0, 0.05) is 11.8 Å². The van der Waals surface area contributed by atoms with Crippen molar-refractivity contribution in [2.75, 3.05) is 6.61 Å². The fraction of sp³-hybridized carbons (Fsp3) is 0.429. The SMILES string of the molecule is CC(Cc1ccc(OCc2ccccc2)cc1)C(=O)C1CCCC(CC2=C(O)COC2=O)C1. The topological polar surface area (TPSA) is 72.8 Å². The van der Waals surface area contributed by atoms with E-state index in [0.717, 1.165) is 42.6 Å². The summed E-state index contributed by atoms with van der Waals surface area (Å²) in [5.74, 6) is 0.963. The van der Waals surface area contributed by atoms with Crippen LogP contribution in [0.1, 0.15) is 50.2 Å². The number of hydrogen-bond acceptors (Lipinski definition) is 5. The lowest BCUT2D eigenvalue weighted by atomic mass is 9.74. The van der Waals surface area contributed by atoms with E-state index in [1.54, 1.807) is 0 Å². The van der Waals surface area contributed by atoms with Crippen LogP contribution < -0.4 is 4.74 Å². The van der Waals surface area contributed by atoms with Crippen molar-refractivity contribution < 1.29 is 24.2 Å². The van der Waals surface area contributed by atoms with Crippen LogP contribution in [0, 0.1) is 17.8 Å². The summed E-state index contributed by atoms with van der Waals surface area (Å²) in [4.78, 5) is 25.0. The van der Waals surface area contributed by atoms with E-state index in [4.69, 9.17) is 9.47 Å². The number of cyclic esters (lactones) is 1.